The predicted molar refractivity (Wildman–Crippen MR) is 88.4 cm³/mol. The molecule has 1 heterocycles. The summed E-state index contributed by atoms with van der Waals surface area (Å²) in [5.41, 5.74) is 1.72. The van der Waals surface area contributed by atoms with Gasteiger partial charge in [-0.05, 0) is 17.8 Å². The predicted octanol–water partition coefficient (Wildman–Crippen LogP) is 4.17. The molecule has 2 rings (SSSR count). The second kappa shape index (κ2) is 9.04. The van der Waals surface area contributed by atoms with Crippen molar-refractivity contribution in [2.24, 2.45) is 0 Å². The molecule has 0 amide bonds. The number of allylic oxidation sites excluding steroid dienone is 3. The summed E-state index contributed by atoms with van der Waals surface area (Å²) in [5, 5.41) is 0. The first-order chi connectivity index (χ1) is 10.4. The molecule has 23 heavy (non-hydrogen) atoms. The van der Waals surface area contributed by atoms with Gasteiger partial charge in [0.15, 0.2) is 0 Å². The average molecular weight is 505 g/mol. The van der Waals surface area contributed by atoms with E-state index in [0.717, 1.165) is 3.58 Å². The van der Waals surface area contributed by atoms with E-state index >= 15 is 0 Å². The number of alkyl halides is 2. The van der Waals surface area contributed by atoms with Crippen LogP contribution in [0.4, 0.5) is 8.78 Å². The fourth-order valence-corrected chi connectivity index (χ4v) is 2.43. The molecule has 1 aliphatic rings. The molecule has 0 N–H and O–H groups in total. The molecule has 1 aromatic carbocycles. The number of rotatable bonds is 4. The average Bonchev–Trinajstić information content (AvgIpc) is 2.44. The maximum Gasteiger partial charge on any atom is 0.308 e. The van der Waals surface area contributed by atoms with E-state index < -0.39 is 18.9 Å². The van der Waals surface area contributed by atoms with E-state index in [9.17, 15) is 13.6 Å². The van der Waals surface area contributed by atoms with E-state index in [-0.39, 0.29) is 32.7 Å². The number of hydrogen-bond donors (Lipinski definition) is 0. The Labute approximate surface area is 172 Å². The molecule has 1 aliphatic heterocycles. The molecule has 0 aliphatic carbocycles. The van der Waals surface area contributed by atoms with Gasteiger partial charge in [-0.3, -0.25) is 4.79 Å². The van der Waals surface area contributed by atoms with Crippen molar-refractivity contribution in [3.05, 3.63) is 57.8 Å². The van der Waals surface area contributed by atoms with Crippen LogP contribution >= 0.6 is 22.6 Å². The first kappa shape index (κ1) is 20.4. The summed E-state index contributed by atoms with van der Waals surface area (Å²) in [5.74, 6) is -0.0154. The third-order valence-corrected chi connectivity index (χ3v) is 3.85. The zero-order chi connectivity index (χ0) is 16.3. The number of halogens is 3. The zero-order valence-corrected chi connectivity index (χ0v) is 17.3. The molecule has 0 spiro atoms. The van der Waals surface area contributed by atoms with Gasteiger partial charge in [-0.15, -0.1) is 34.7 Å². The van der Waals surface area contributed by atoms with Gasteiger partial charge in [-0.2, -0.15) is 12.2 Å². The quantitative estimate of drug-likeness (QED) is 0.267. The molecule has 0 saturated carbocycles. The monoisotopic (exact) mass is 505 g/mol. The molecule has 0 unspecified atom stereocenters. The molecule has 0 fully saturated rings. The Morgan fingerprint density at radius 1 is 1.39 bits per heavy atom. The minimum Gasteiger partial charge on any atom is -0.427 e. The SMILES string of the molecule is C=C1C(I)=C[C-]=C(c2ccc(OC(C)=O)cc2)N1CC(F)F.[Y]. The Balaban J connectivity index is 0.00000264. The van der Waals surface area contributed by atoms with E-state index in [4.69, 9.17) is 4.74 Å². The minimum absolute atomic E-state index is 0. The fourth-order valence-electron chi connectivity index (χ4n) is 1.98. The summed E-state index contributed by atoms with van der Waals surface area (Å²) >= 11 is 2.03. The number of carbonyl (C=O) groups is 1. The summed E-state index contributed by atoms with van der Waals surface area (Å²) < 4.78 is 31.3. The largest absolute Gasteiger partial charge is 0.427 e. The molecule has 0 atom stereocenters. The summed E-state index contributed by atoms with van der Waals surface area (Å²) in [4.78, 5) is 12.3. The molecular formula is C16H13F2INO2Y-. The van der Waals surface area contributed by atoms with Crippen LogP contribution in [0.15, 0.2) is 46.2 Å². The Morgan fingerprint density at radius 3 is 2.52 bits per heavy atom. The topological polar surface area (TPSA) is 29.5 Å². The second-order valence-corrected chi connectivity index (χ2v) is 5.71. The van der Waals surface area contributed by atoms with Crippen molar-refractivity contribution in [2.45, 2.75) is 13.3 Å². The van der Waals surface area contributed by atoms with Crippen LogP contribution < -0.4 is 4.74 Å². The van der Waals surface area contributed by atoms with E-state index in [2.05, 4.69) is 12.7 Å². The van der Waals surface area contributed by atoms with Gasteiger partial charge in [0.1, 0.15) is 5.75 Å². The summed E-state index contributed by atoms with van der Waals surface area (Å²) in [6, 6.07) is 6.60. The van der Waals surface area contributed by atoms with E-state index in [1.165, 1.54) is 11.8 Å². The van der Waals surface area contributed by atoms with E-state index in [1.54, 1.807) is 30.3 Å². The molecule has 0 bridgehead atoms. The van der Waals surface area contributed by atoms with Gasteiger partial charge in [0, 0.05) is 39.6 Å². The van der Waals surface area contributed by atoms with Crippen LogP contribution in [0.1, 0.15) is 12.5 Å². The van der Waals surface area contributed by atoms with Crippen molar-refractivity contribution in [1.82, 2.24) is 4.90 Å². The van der Waals surface area contributed by atoms with Crippen LogP contribution in [0.25, 0.3) is 5.70 Å². The van der Waals surface area contributed by atoms with Crippen LogP contribution in [0.3, 0.4) is 0 Å². The van der Waals surface area contributed by atoms with Crippen LogP contribution in [0.5, 0.6) is 5.75 Å². The molecule has 0 saturated heterocycles. The number of carbonyl (C=O) groups excluding carboxylic acids is 1. The number of esters is 1. The van der Waals surface area contributed by atoms with Crippen molar-refractivity contribution >= 4 is 34.3 Å². The van der Waals surface area contributed by atoms with Crippen LogP contribution in [-0.2, 0) is 37.5 Å². The zero-order valence-electron chi connectivity index (χ0n) is 12.4. The Hall–Kier alpha value is -0.596. The molecule has 0 aromatic heterocycles. The van der Waals surface area contributed by atoms with Gasteiger partial charge in [0.25, 0.3) is 6.43 Å². The van der Waals surface area contributed by atoms with Gasteiger partial charge in [0.2, 0.25) is 0 Å². The van der Waals surface area contributed by atoms with Crippen molar-refractivity contribution in [3.63, 3.8) is 0 Å². The maximum absolute atomic E-state index is 12.8. The molecule has 1 radical (unpaired) electrons. The third kappa shape index (κ3) is 5.46. The first-order valence-electron chi connectivity index (χ1n) is 6.41. The number of nitrogens with zero attached hydrogens (tertiary/aromatic N) is 1. The molecule has 119 valence electrons. The van der Waals surface area contributed by atoms with Crippen LogP contribution in [0.2, 0.25) is 0 Å². The van der Waals surface area contributed by atoms with Crippen molar-refractivity contribution < 1.29 is 51.0 Å². The molecule has 1 aromatic rings. The first-order valence-corrected chi connectivity index (χ1v) is 7.49. The Kier molecular flexibility index (Phi) is 8.03. The van der Waals surface area contributed by atoms with E-state index in [0.29, 0.717) is 22.7 Å². The molecular weight excluding hydrogens is 492 g/mol. The Morgan fingerprint density at radius 2 is 2.00 bits per heavy atom. The second-order valence-electron chi connectivity index (χ2n) is 4.55. The number of benzene rings is 1. The summed E-state index contributed by atoms with van der Waals surface area (Å²) in [7, 11) is 0. The smallest absolute Gasteiger partial charge is 0.308 e. The summed E-state index contributed by atoms with van der Waals surface area (Å²) in [6.07, 6.45) is 2.22. The van der Waals surface area contributed by atoms with Crippen LogP contribution in [0, 0.1) is 6.08 Å². The van der Waals surface area contributed by atoms with Crippen molar-refractivity contribution in [1.29, 1.82) is 0 Å². The van der Waals surface area contributed by atoms with Crippen LogP contribution in [-0.4, -0.2) is 23.8 Å². The van der Waals surface area contributed by atoms with Gasteiger partial charge < -0.3 is 9.64 Å². The maximum atomic E-state index is 12.8. The minimum atomic E-state index is -2.49. The normalized spacial score (nSPS) is 14.1. The van der Waals surface area contributed by atoms with Crippen molar-refractivity contribution in [2.75, 3.05) is 6.54 Å². The molecule has 7 heteroatoms. The standard InChI is InChI=1S/C16H13F2INO2.Y/c1-10-14(19)7-8-15(20(10)9-16(17)18)12-3-5-13(6-4-12)22-11(2)21;/h3-7,16H,1,9H2,2H3;/q-1;. The third-order valence-electron chi connectivity index (χ3n) is 2.92. The van der Waals surface area contributed by atoms with Gasteiger partial charge >= 0.3 is 5.97 Å². The van der Waals surface area contributed by atoms with Crippen molar-refractivity contribution in [3.8, 4) is 5.75 Å². The molecule has 3 nitrogen and oxygen atoms in total. The van der Waals surface area contributed by atoms with Gasteiger partial charge in [0.05, 0.1) is 6.54 Å². The van der Waals surface area contributed by atoms with E-state index in [1.807, 2.05) is 22.6 Å². The summed E-state index contributed by atoms with van der Waals surface area (Å²) in [6.45, 7) is 4.71. The number of hydrogen-bond acceptors (Lipinski definition) is 3. The van der Waals surface area contributed by atoms with Gasteiger partial charge in [-0.1, -0.05) is 21.4 Å². The van der Waals surface area contributed by atoms with Gasteiger partial charge in [-0.25, -0.2) is 8.78 Å². The Bertz CT molecular complexity index is 657. The number of ether oxygens (including phenoxy) is 1. The fraction of sp³-hybridized carbons (Fsp3) is 0.188.